The second-order valence-electron chi connectivity index (χ2n) is 5.43. The van der Waals surface area contributed by atoms with Crippen molar-refractivity contribution in [3.05, 3.63) is 0 Å². The van der Waals surface area contributed by atoms with Crippen LogP contribution in [0.15, 0.2) is 0 Å². The Morgan fingerprint density at radius 1 is 1.06 bits per heavy atom. The van der Waals surface area contributed by atoms with Crippen molar-refractivity contribution in [3.8, 4) is 0 Å². The highest BCUT2D eigenvalue weighted by molar-refractivity contribution is 4.77. The minimum Gasteiger partial charge on any atom is -0.303 e. The van der Waals surface area contributed by atoms with Crippen LogP contribution in [0.4, 0.5) is 0 Å². The molecule has 1 fully saturated rings. The summed E-state index contributed by atoms with van der Waals surface area (Å²) in [6, 6.07) is 0.847. The summed E-state index contributed by atoms with van der Waals surface area (Å²) in [4.78, 5) is 5.11. The van der Waals surface area contributed by atoms with E-state index in [4.69, 9.17) is 0 Å². The van der Waals surface area contributed by atoms with E-state index in [1.54, 1.807) is 0 Å². The van der Waals surface area contributed by atoms with E-state index in [0.717, 1.165) is 12.0 Å². The maximum Gasteiger partial charge on any atom is 0.0109 e. The van der Waals surface area contributed by atoms with E-state index in [9.17, 15) is 0 Å². The Bertz CT molecular complexity index is 178. The number of likely N-dealkylation sites (N-methyl/N-ethyl adjacent to an activating group) is 2. The lowest BCUT2D eigenvalue weighted by Gasteiger charge is -2.35. The maximum absolute atomic E-state index is 2.59. The Labute approximate surface area is 102 Å². The van der Waals surface area contributed by atoms with Crippen LogP contribution in [0, 0.1) is 5.92 Å². The Hall–Kier alpha value is -0.0800. The SMILES string of the molecule is CCN(CC)CCN(C)[C@H]1CCC[C@@H](C)C1. The average molecular weight is 226 g/mol. The van der Waals surface area contributed by atoms with Gasteiger partial charge in [0.15, 0.2) is 0 Å². The monoisotopic (exact) mass is 226 g/mol. The summed E-state index contributed by atoms with van der Waals surface area (Å²) < 4.78 is 0. The Balaban J connectivity index is 2.25. The van der Waals surface area contributed by atoms with Gasteiger partial charge in [0.2, 0.25) is 0 Å². The Morgan fingerprint density at radius 3 is 2.31 bits per heavy atom. The number of hydrogen-bond acceptors (Lipinski definition) is 2. The molecule has 2 atom stereocenters. The molecule has 0 saturated heterocycles. The summed E-state index contributed by atoms with van der Waals surface area (Å²) in [5.74, 6) is 0.939. The van der Waals surface area contributed by atoms with Crippen LogP contribution in [0.25, 0.3) is 0 Å². The number of nitrogens with zero attached hydrogens (tertiary/aromatic N) is 2. The van der Waals surface area contributed by atoms with Crippen molar-refractivity contribution in [3.63, 3.8) is 0 Å². The van der Waals surface area contributed by atoms with Crippen molar-refractivity contribution in [2.24, 2.45) is 5.92 Å². The predicted molar refractivity (Wildman–Crippen MR) is 71.8 cm³/mol. The second-order valence-corrected chi connectivity index (χ2v) is 5.43. The Kier molecular flexibility index (Phi) is 6.37. The lowest BCUT2D eigenvalue weighted by atomic mass is 9.86. The lowest BCUT2D eigenvalue weighted by molar-refractivity contribution is 0.145. The van der Waals surface area contributed by atoms with Gasteiger partial charge in [0.1, 0.15) is 0 Å². The second kappa shape index (κ2) is 7.29. The molecule has 0 bridgehead atoms. The molecule has 0 amide bonds. The molecule has 1 aliphatic rings. The predicted octanol–water partition coefficient (Wildman–Crippen LogP) is 2.84. The first kappa shape index (κ1) is 14.0. The van der Waals surface area contributed by atoms with E-state index in [1.165, 1.54) is 51.9 Å². The largest absolute Gasteiger partial charge is 0.303 e. The molecule has 0 spiro atoms. The van der Waals surface area contributed by atoms with Crippen molar-refractivity contribution in [2.75, 3.05) is 33.2 Å². The van der Waals surface area contributed by atoms with Crippen molar-refractivity contribution >= 4 is 0 Å². The van der Waals surface area contributed by atoms with E-state index < -0.39 is 0 Å². The highest BCUT2D eigenvalue weighted by Crippen LogP contribution is 2.26. The summed E-state index contributed by atoms with van der Waals surface area (Å²) in [6.45, 7) is 11.8. The molecule has 0 unspecified atom stereocenters. The molecule has 1 saturated carbocycles. The zero-order valence-electron chi connectivity index (χ0n) is 11.7. The van der Waals surface area contributed by atoms with Crippen molar-refractivity contribution in [1.29, 1.82) is 0 Å². The van der Waals surface area contributed by atoms with Crippen LogP contribution < -0.4 is 0 Å². The first-order valence-corrected chi connectivity index (χ1v) is 7.09. The highest BCUT2D eigenvalue weighted by Gasteiger charge is 2.22. The van der Waals surface area contributed by atoms with Crippen LogP contribution in [0.3, 0.4) is 0 Å². The van der Waals surface area contributed by atoms with Crippen LogP contribution in [-0.2, 0) is 0 Å². The minimum absolute atomic E-state index is 0.847. The molecule has 2 heteroatoms. The summed E-state index contributed by atoms with van der Waals surface area (Å²) in [6.07, 6.45) is 5.70. The van der Waals surface area contributed by atoms with Crippen LogP contribution in [0.5, 0.6) is 0 Å². The molecule has 0 aromatic carbocycles. The smallest absolute Gasteiger partial charge is 0.0109 e. The van der Waals surface area contributed by atoms with Crippen molar-refractivity contribution in [1.82, 2.24) is 9.80 Å². The van der Waals surface area contributed by atoms with Crippen molar-refractivity contribution in [2.45, 2.75) is 52.5 Å². The minimum atomic E-state index is 0.847. The van der Waals surface area contributed by atoms with Gasteiger partial charge < -0.3 is 9.80 Å². The molecule has 2 nitrogen and oxygen atoms in total. The summed E-state index contributed by atoms with van der Waals surface area (Å²) in [5.41, 5.74) is 0. The molecule has 0 heterocycles. The van der Waals surface area contributed by atoms with Crippen LogP contribution >= 0.6 is 0 Å². The third-order valence-electron chi connectivity index (χ3n) is 4.20. The van der Waals surface area contributed by atoms with Gasteiger partial charge in [-0.05, 0) is 38.9 Å². The quantitative estimate of drug-likeness (QED) is 0.687. The molecule has 16 heavy (non-hydrogen) atoms. The molecule has 0 aromatic heterocycles. The van der Waals surface area contributed by atoms with Gasteiger partial charge in [-0.15, -0.1) is 0 Å². The van der Waals surface area contributed by atoms with Gasteiger partial charge >= 0.3 is 0 Å². The molecule has 0 radical (unpaired) electrons. The zero-order valence-corrected chi connectivity index (χ0v) is 11.7. The summed E-state index contributed by atoms with van der Waals surface area (Å²) >= 11 is 0. The third kappa shape index (κ3) is 4.42. The molecular weight excluding hydrogens is 196 g/mol. The van der Waals surface area contributed by atoms with Gasteiger partial charge in [-0.25, -0.2) is 0 Å². The first-order chi connectivity index (χ1) is 7.67. The fourth-order valence-electron chi connectivity index (χ4n) is 2.82. The number of rotatable bonds is 6. The van der Waals surface area contributed by atoms with Gasteiger partial charge in [0.25, 0.3) is 0 Å². The van der Waals surface area contributed by atoms with E-state index in [0.29, 0.717) is 0 Å². The zero-order chi connectivity index (χ0) is 12.0. The maximum atomic E-state index is 2.59. The lowest BCUT2D eigenvalue weighted by Crippen LogP contribution is -2.40. The van der Waals surface area contributed by atoms with Gasteiger partial charge in [0, 0.05) is 19.1 Å². The van der Waals surface area contributed by atoms with E-state index in [1.807, 2.05) is 0 Å². The van der Waals surface area contributed by atoms with Crippen molar-refractivity contribution < 1.29 is 0 Å². The average Bonchev–Trinajstić information content (AvgIpc) is 2.30. The fourth-order valence-corrected chi connectivity index (χ4v) is 2.82. The molecule has 0 aliphatic heterocycles. The van der Waals surface area contributed by atoms with Gasteiger partial charge in [-0.2, -0.15) is 0 Å². The fraction of sp³-hybridized carbons (Fsp3) is 1.00. The molecular formula is C14H30N2. The molecule has 1 rings (SSSR count). The summed E-state index contributed by atoms with van der Waals surface area (Å²) in [5, 5.41) is 0. The standard InChI is InChI=1S/C14H30N2/c1-5-16(6-2)11-10-15(4)14-9-7-8-13(3)12-14/h13-14H,5-12H2,1-4H3/t13-,14+/m1/s1. The molecule has 1 aliphatic carbocycles. The van der Waals surface area contributed by atoms with Gasteiger partial charge in [0.05, 0.1) is 0 Å². The topological polar surface area (TPSA) is 6.48 Å². The van der Waals surface area contributed by atoms with Gasteiger partial charge in [-0.3, -0.25) is 0 Å². The van der Waals surface area contributed by atoms with E-state index >= 15 is 0 Å². The molecule has 0 aromatic rings. The van der Waals surface area contributed by atoms with Crippen LogP contribution in [-0.4, -0.2) is 49.1 Å². The first-order valence-electron chi connectivity index (χ1n) is 7.09. The third-order valence-corrected chi connectivity index (χ3v) is 4.20. The highest BCUT2D eigenvalue weighted by atomic mass is 15.2. The van der Waals surface area contributed by atoms with E-state index in [2.05, 4.69) is 37.6 Å². The van der Waals surface area contributed by atoms with Crippen LogP contribution in [0.2, 0.25) is 0 Å². The van der Waals surface area contributed by atoms with Crippen LogP contribution in [0.1, 0.15) is 46.5 Å². The Morgan fingerprint density at radius 2 is 1.75 bits per heavy atom. The summed E-state index contributed by atoms with van der Waals surface area (Å²) in [7, 11) is 2.31. The molecule has 96 valence electrons. The van der Waals surface area contributed by atoms with Gasteiger partial charge in [-0.1, -0.05) is 33.6 Å². The van der Waals surface area contributed by atoms with E-state index in [-0.39, 0.29) is 0 Å². The number of hydrogen-bond donors (Lipinski definition) is 0. The molecule has 0 N–H and O–H groups in total. The normalized spacial score (nSPS) is 26.6.